The largest absolute Gasteiger partial charge is 0.493 e. The van der Waals surface area contributed by atoms with E-state index in [1.807, 2.05) is 0 Å². The smallest absolute Gasteiger partial charge is 0.385 e. The molecule has 1 aromatic carbocycles. The molecule has 0 radical (unpaired) electrons. The second-order valence-electron chi connectivity index (χ2n) is 3.28. The fourth-order valence-corrected chi connectivity index (χ4v) is 2.50. The van der Waals surface area contributed by atoms with Gasteiger partial charge in [0.15, 0.2) is 11.5 Å². The molecule has 96 valence electrons. The van der Waals surface area contributed by atoms with Crippen molar-refractivity contribution < 1.29 is 17.3 Å². The van der Waals surface area contributed by atoms with Crippen molar-refractivity contribution >= 4 is 10.3 Å². The predicted octanol–water partition coefficient (Wildman–Crippen LogP) is 1.66. The molecule has 0 fully saturated rings. The SMILES string of the molecule is CCN(CC)S(=O)(=O)Oc1ccccc1OC. The molecule has 0 aliphatic rings. The highest BCUT2D eigenvalue weighted by Gasteiger charge is 2.22. The van der Waals surface area contributed by atoms with Crippen LogP contribution in [-0.4, -0.2) is 32.9 Å². The summed E-state index contributed by atoms with van der Waals surface area (Å²) in [6.07, 6.45) is 0. The lowest BCUT2D eigenvalue weighted by atomic mass is 10.3. The Balaban J connectivity index is 2.97. The van der Waals surface area contributed by atoms with Crippen molar-refractivity contribution in [3.63, 3.8) is 0 Å². The van der Waals surface area contributed by atoms with Gasteiger partial charge in [-0.15, -0.1) is 0 Å². The highest BCUT2D eigenvalue weighted by Crippen LogP contribution is 2.27. The molecule has 0 aromatic heterocycles. The first-order valence-corrected chi connectivity index (χ1v) is 6.74. The lowest BCUT2D eigenvalue weighted by Gasteiger charge is -2.18. The van der Waals surface area contributed by atoms with E-state index in [1.54, 1.807) is 38.1 Å². The maximum absolute atomic E-state index is 11.9. The van der Waals surface area contributed by atoms with Crippen LogP contribution in [0.4, 0.5) is 0 Å². The first kappa shape index (κ1) is 13.8. The third-order valence-electron chi connectivity index (χ3n) is 2.29. The molecule has 0 spiro atoms. The molecule has 0 bridgehead atoms. The van der Waals surface area contributed by atoms with Crippen LogP contribution in [0.15, 0.2) is 24.3 Å². The van der Waals surface area contributed by atoms with Crippen molar-refractivity contribution in [2.45, 2.75) is 13.8 Å². The molecule has 0 unspecified atom stereocenters. The third-order valence-corrected chi connectivity index (χ3v) is 3.82. The Hall–Kier alpha value is -1.27. The zero-order chi connectivity index (χ0) is 12.9. The summed E-state index contributed by atoms with van der Waals surface area (Å²) in [5.41, 5.74) is 0. The Morgan fingerprint density at radius 1 is 1.12 bits per heavy atom. The molecule has 0 saturated heterocycles. The molecule has 17 heavy (non-hydrogen) atoms. The van der Waals surface area contributed by atoms with E-state index in [2.05, 4.69) is 0 Å². The van der Waals surface area contributed by atoms with Crippen molar-refractivity contribution in [2.75, 3.05) is 20.2 Å². The maximum Gasteiger partial charge on any atom is 0.385 e. The van der Waals surface area contributed by atoms with Gasteiger partial charge in [-0.1, -0.05) is 26.0 Å². The molecule has 0 saturated carbocycles. The zero-order valence-electron chi connectivity index (χ0n) is 10.2. The quantitative estimate of drug-likeness (QED) is 0.779. The van der Waals surface area contributed by atoms with Gasteiger partial charge in [-0.2, -0.15) is 12.7 Å². The van der Waals surface area contributed by atoms with Gasteiger partial charge in [0.1, 0.15) is 0 Å². The molecule has 6 heteroatoms. The number of nitrogens with zero attached hydrogens (tertiary/aromatic N) is 1. The average Bonchev–Trinajstić information content (AvgIpc) is 2.30. The standard InChI is InChI=1S/C11H17NO4S/c1-4-12(5-2)17(13,14)16-11-9-7-6-8-10(11)15-3/h6-9H,4-5H2,1-3H3. The molecule has 0 aliphatic heterocycles. The van der Waals surface area contributed by atoms with Crippen molar-refractivity contribution in [1.82, 2.24) is 4.31 Å². The number of ether oxygens (including phenoxy) is 1. The summed E-state index contributed by atoms with van der Waals surface area (Å²) in [6, 6.07) is 6.64. The first-order valence-electron chi connectivity index (χ1n) is 5.37. The summed E-state index contributed by atoms with van der Waals surface area (Å²) in [5.74, 6) is 0.588. The molecular weight excluding hydrogens is 242 g/mol. The lowest BCUT2D eigenvalue weighted by molar-refractivity contribution is 0.356. The number of benzene rings is 1. The van der Waals surface area contributed by atoms with Crippen LogP contribution in [-0.2, 0) is 10.3 Å². The first-order chi connectivity index (χ1) is 8.05. The number of methoxy groups -OCH3 is 1. The van der Waals surface area contributed by atoms with Crippen molar-refractivity contribution in [1.29, 1.82) is 0 Å². The molecule has 5 nitrogen and oxygen atoms in total. The van der Waals surface area contributed by atoms with Gasteiger partial charge in [0.2, 0.25) is 0 Å². The minimum absolute atomic E-state index is 0.196. The van der Waals surface area contributed by atoms with E-state index in [9.17, 15) is 8.42 Å². The van der Waals surface area contributed by atoms with E-state index in [4.69, 9.17) is 8.92 Å². The molecule has 1 rings (SSSR count). The predicted molar refractivity (Wildman–Crippen MR) is 65.5 cm³/mol. The van der Waals surface area contributed by atoms with Crippen LogP contribution in [0.2, 0.25) is 0 Å². The lowest BCUT2D eigenvalue weighted by Crippen LogP contribution is -2.34. The summed E-state index contributed by atoms with van der Waals surface area (Å²) >= 11 is 0. The van der Waals surface area contributed by atoms with Gasteiger partial charge in [0, 0.05) is 13.1 Å². The Kier molecular flexibility index (Phi) is 4.77. The van der Waals surface area contributed by atoms with Crippen molar-refractivity contribution in [2.24, 2.45) is 0 Å². The van der Waals surface area contributed by atoms with E-state index in [-0.39, 0.29) is 5.75 Å². The van der Waals surface area contributed by atoms with Gasteiger partial charge in [-0.3, -0.25) is 0 Å². The molecule has 0 aliphatic carbocycles. The van der Waals surface area contributed by atoms with Crippen LogP contribution < -0.4 is 8.92 Å². The molecular formula is C11H17NO4S. The van der Waals surface area contributed by atoms with Crippen LogP contribution >= 0.6 is 0 Å². The molecule has 1 aromatic rings. The highest BCUT2D eigenvalue weighted by molar-refractivity contribution is 7.84. The van der Waals surface area contributed by atoms with Crippen LogP contribution in [0.1, 0.15) is 13.8 Å². The average molecular weight is 259 g/mol. The van der Waals surface area contributed by atoms with Gasteiger partial charge in [0.25, 0.3) is 0 Å². The maximum atomic E-state index is 11.9. The fourth-order valence-electron chi connectivity index (χ4n) is 1.39. The van der Waals surface area contributed by atoms with Crippen LogP contribution in [0.25, 0.3) is 0 Å². The number of hydrogen-bond acceptors (Lipinski definition) is 4. The fraction of sp³-hybridized carbons (Fsp3) is 0.455. The van der Waals surface area contributed by atoms with Gasteiger partial charge < -0.3 is 8.92 Å². The Morgan fingerprint density at radius 2 is 1.65 bits per heavy atom. The minimum atomic E-state index is -3.75. The minimum Gasteiger partial charge on any atom is -0.493 e. The van der Waals surface area contributed by atoms with E-state index in [0.717, 1.165) is 0 Å². The van der Waals surface area contributed by atoms with E-state index in [1.165, 1.54) is 11.4 Å². The Morgan fingerprint density at radius 3 is 2.12 bits per heavy atom. The number of hydrogen-bond donors (Lipinski definition) is 0. The molecule has 0 amide bonds. The van der Waals surface area contributed by atoms with Gasteiger partial charge in [-0.25, -0.2) is 0 Å². The summed E-state index contributed by atoms with van der Waals surface area (Å²) in [7, 11) is -2.29. The summed E-state index contributed by atoms with van der Waals surface area (Å²) in [6.45, 7) is 4.25. The van der Waals surface area contributed by atoms with Crippen molar-refractivity contribution in [3.8, 4) is 11.5 Å². The summed E-state index contributed by atoms with van der Waals surface area (Å²) < 4.78 is 35.1. The normalized spacial score (nSPS) is 11.5. The summed E-state index contributed by atoms with van der Waals surface area (Å²) in [5, 5.41) is 0. The second-order valence-corrected chi connectivity index (χ2v) is 4.81. The van der Waals surface area contributed by atoms with E-state index in [0.29, 0.717) is 18.8 Å². The Bertz CT molecular complexity index is 454. The monoisotopic (exact) mass is 259 g/mol. The Labute approximate surface area is 102 Å². The van der Waals surface area contributed by atoms with Gasteiger partial charge in [0.05, 0.1) is 7.11 Å². The van der Waals surface area contributed by atoms with Crippen LogP contribution in [0.3, 0.4) is 0 Å². The number of rotatable bonds is 6. The second kappa shape index (κ2) is 5.88. The molecule has 0 heterocycles. The van der Waals surface area contributed by atoms with Crippen LogP contribution in [0, 0.1) is 0 Å². The van der Waals surface area contributed by atoms with E-state index >= 15 is 0 Å². The third kappa shape index (κ3) is 3.34. The molecule has 0 atom stereocenters. The van der Waals surface area contributed by atoms with Crippen LogP contribution in [0.5, 0.6) is 11.5 Å². The zero-order valence-corrected chi connectivity index (χ0v) is 11.0. The highest BCUT2D eigenvalue weighted by atomic mass is 32.2. The van der Waals surface area contributed by atoms with E-state index < -0.39 is 10.3 Å². The number of para-hydroxylation sites is 2. The summed E-state index contributed by atoms with van der Waals surface area (Å²) in [4.78, 5) is 0. The molecule has 0 N–H and O–H groups in total. The topological polar surface area (TPSA) is 55.8 Å². The van der Waals surface area contributed by atoms with Crippen molar-refractivity contribution in [3.05, 3.63) is 24.3 Å². The van der Waals surface area contributed by atoms with Gasteiger partial charge >= 0.3 is 10.3 Å². The van der Waals surface area contributed by atoms with Gasteiger partial charge in [-0.05, 0) is 12.1 Å².